The van der Waals surface area contributed by atoms with Crippen molar-refractivity contribution >= 4 is 0 Å². The Labute approximate surface area is 111 Å². The van der Waals surface area contributed by atoms with E-state index in [0.29, 0.717) is 6.61 Å². The monoisotopic (exact) mass is 247 g/mol. The molecule has 2 nitrogen and oxygen atoms in total. The van der Waals surface area contributed by atoms with Crippen LogP contribution in [0.2, 0.25) is 0 Å². The van der Waals surface area contributed by atoms with Crippen molar-refractivity contribution in [1.82, 2.24) is 0 Å². The molecule has 0 radical (unpaired) electrons. The summed E-state index contributed by atoms with van der Waals surface area (Å²) in [5, 5.41) is 0. The Morgan fingerprint density at radius 2 is 2.06 bits per heavy atom. The van der Waals surface area contributed by atoms with Crippen molar-refractivity contribution in [3.05, 3.63) is 35.9 Å². The van der Waals surface area contributed by atoms with Crippen molar-refractivity contribution in [3.63, 3.8) is 0 Å². The van der Waals surface area contributed by atoms with E-state index in [1.54, 1.807) is 0 Å². The van der Waals surface area contributed by atoms with Gasteiger partial charge in [-0.25, -0.2) is 0 Å². The Kier molecular flexibility index (Phi) is 5.21. The molecule has 1 aliphatic carbocycles. The summed E-state index contributed by atoms with van der Waals surface area (Å²) in [6, 6.07) is 10.2. The maximum absolute atomic E-state index is 6.11. The third-order valence-electron chi connectivity index (χ3n) is 3.92. The van der Waals surface area contributed by atoms with Gasteiger partial charge in [-0.15, -0.1) is 0 Å². The first-order chi connectivity index (χ1) is 8.75. The second kappa shape index (κ2) is 6.91. The van der Waals surface area contributed by atoms with Crippen LogP contribution < -0.4 is 5.73 Å². The molecule has 2 rings (SSSR count). The summed E-state index contributed by atoms with van der Waals surface area (Å²) in [7, 11) is 0. The highest BCUT2D eigenvalue weighted by atomic mass is 16.5. The van der Waals surface area contributed by atoms with Crippen molar-refractivity contribution in [3.8, 4) is 0 Å². The van der Waals surface area contributed by atoms with Crippen LogP contribution in [0.5, 0.6) is 0 Å². The average molecular weight is 247 g/mol. The van der Waals surface area contributed by atoms with E-state index in [1.165, 1.54) is 25.7 Å². The van der Waals surface area contributed by atoms with E-state index in [9.17, 15) is 0 Å². The quantitative estimate of drug-likeness (QED) is 0.864. The van der Waals surface area contributed by atoms with E-state index in [1.807, 2.05) is 18.2 Å². The SMILES string of the molecule is CC1CCCC(COCC(N)c2ccccc2)C1. The number of nitrogens with two attached hydrogens (primary N) is 1. The van der Waals surface area contributed by atoms with Gasteiger partial charge in [-0.3, -0.25) is 0 Å². The van der Waals surface area contributed by atoms with E-state index in [4.69, 9.17) is 10.5 Å². The number of ether oxygens (including phenoxy) is 1. The molecule has 0 amide bonds. The first-order valence-corrected chi connectivity index (χ1v) is 7.14. The van der Waals surface area contributed by atoms with Gasteiger partial charge in [-0.1, -0.05) is 50.1 Å². The van der Waals surface area contributed by atoms with Gasteiger partial charge in [0.25, 0.3) is 0 Å². The molecule has 0 bridgehead atoms. The van der Waals surface area contributed by atoms with Crippen LogP contribution in [0, 0.1) is 11.8 Å². The number of hydrogen-bond donors (Lipinski definition) is 1. The molecule has 1 aliphatic rings. The third kappa shape index (κ3) is 4.11. The van der Waals surface area contributed by atoms with Gasteiger partial charge in [0, 0.05) is 6.61 Å². The maximum Gasteiger partial charge on any atom is 0.0659 e. The molecule has 1 fully saturated rings. The molecule has 3 unspecified atom stereocenters. The van der Waals surface area contributed by atoms with Crippen LogP contribution >= 0.6 is 0 Å². The molecule has 0 aliphatic heterocycles. The van der Waals surface area contributed by atoms with Crippen molar-refractivity contribution in [2.45, 2.75) is 38.6 Å². The van der Waals surface area contributed by atoms with E-state index in [2.05, 4.69) is 19.1 Å². The molecule has 3 atom stereocenters. The lowest BCUT2D eigenvalue weighted by atomic mass is 9.83. The normalized spacial score (nSPS) is 25.9. The predicted molar refractivity (Wildman–Crippen MR) is 75.3 cm³/mol. The van der Waals surface area contributed by atoms with Crippen LogP contribution in [0.25, 0.3) is 0 Å². The van der Waals surface area contributed by atoms with Gasteiger partial charge in [-0.2, -0.15) is 0 Å². The van der Waals surface area contributed by atoms with E-state index < -0.39 is 0 Å². The van der Waals surface area contributed by atoms with Crippen LogP contribution in [-0.4, -0.2) is 13.2 Å². The summed E-state index contributed by atoms with van der Waals surface area (Å²) >= 11 is 0. The lowest BCUT2D eigenvalue weighted by Gasteiger charge is -2.26. The van der Waals surface area contributed by atoms with Gasteiger partial charge < -0.3 is 10.5 Å². The minimum atomic E-state index is 0.00668. The zero-order chi connectivity index (χ0) is 12.8. The Morgan fingerprint density at radius 1 is 1.28 bits per heavy atom. The fourth-order valence-electron chi connectivity index (χ4n) is 2.87. The molecular formula is C16H25NO. The molecule has 0 spiro atoms. The first kappa shape index (κ1) is 13.6. The second-order valence-corrected chi connectivity index (χ2v) is 5.69. The van der Waals surface area contributed by atoms with Gasteiger partial charge in [0.05, 0.1) is 12.6 Å². The minimum absolute atomic E-state index is 0.00668. The highest BCUT2D eigenvalue weighted by molar-refractivity contribution is 5.18. The summed E-state index contributed by atoms with van der Waals surface area (Å²) in [4.78, 5) is 0. The lowest BCUT2D eigenvalue weighted by molar-refractivity contribution is 0.0679. The van der Waals surface area contributed by atoms with Gasteiger partial charge >= 0.3 is 0 Å². The van der Waals surface area contributed by atoms with Crippen LogP contribution in [0.4, 0.5) is 0 Å². The molecule has 0 heterocycles. The van der Waals surface area contributed by atoms with Gasteiger partial charge in [0.1, 0.15) is 0 Å². The molecule has 1 saturated carbocycles. The molecule has 100 valence electrons. The number of rotatable bonds is 5. The van der Waals surface area contributed by atoms with Crippen molar-refractivity contribution in [2.24, 2.45) is 17.6 Å². The standard InChI is InChI=1S/C16H25NO/c1-13-6-5-7-14(10-13)11-18-12-16(17)15-8-3-2-4-9-15/h2-4,8-9,13-14,16H,5-7,10-12,17H2,1H3. The van der Waals surface area contributed by atoms with E-state index in [0.717, 1.165) is 24.0 Å². The van der Waals surface area contributed by atoms with Crippen LogP contribution in [0.1, 0.15) is 44.2 Å². The van der Waals surface area contributed by atoms with Crippen molar-refractivity contribution in [2.75, 3.05) is 13.2 Å². The third-order valence-corrected chi connectivity index (χ3v) is 3.92. The Morgan fingerprint density at radius 3 is 2.78 bits per heavy atom. The van der Waals surface area contributed by atoms with Crippen LogP contribution in [0.15, 0.2) is 30.3 Å². The molecule has 1 aromatic carbocycles. The minimum Gasteiger partial charge on any atom is -0.379 e. The van der Waals surface area contributed by atoms with Gasteiger partial charge in [0.2, 0.25) is 0 Å². The summed E-state index contributed by atoms with van der Waals surface area (Å²) < 4.78 is 5.81. The fraction of sp³-hybridized carbons (Fsp3) is 0.625. The zero-order valence-electron chi connectivity index (χ0n) is 11.3. The topological polar surface area (TPSA) is 35.2 Å². The lowest BCUT2D eigenvalue weighted by Crippen LogP contribution is -2.22. The number of hydrogen-bond acceptors (Lipinski definition) is 2. The maximum atomic E-state index is 6.11. The summed E-state index contributed by atoms with van der Waals surface area (Å²) in [6.45, 7) is 3.86. The highest BCUT2D eigenvalue weighted by Crippen LogP contribution is 2.28. The molecule has 2 heteroatoms. The van der Waals surface area contributed by atoms with Crippen LogP contribution in [0.3, 0.4) is 0 Å². The molecule has 2 N–H and O–H groups in total. The Balaban J connectivity index is 1.69. The van der Waals surface area contributed by atoms with Crippen molar-refractivity contribution in [1.29, 1.82) is 0 Å². The van der Waals surface area contributed by atoms with Gasteiger partial charge in [0.15, 0.2) is 0 Å². The summed E-state index contributed by atoms with van der Waals surface area (Å²) in [5.74, 6) is 1.62. The second-order valence-electron chi connectivity index (χ2n) is 5.69. The first-order valence-electron chi connectivity index (χ1n) is 7.14. The smallest absolute Gasteiger partial charge is 0.0659 e. The van der Waals surface area contributed by atoms with E-state index >= 15 is 0 Å². The van der Waals surface area contributed by atoms with Gasteiger partial charge in [-0.05, 0) is 30.2 Å². The Hall–Kier alpha value is -0.860. The molecule has 0 saturated heterocycles. The Bertz CT molecular complexity index is 338. The highest BCUT2D eigenvalue weighted by Gasteiger charge is 2.19. The van der Waals surface area contributed by atoms with Crippen LogP contribution in [-0.2, 0) is 4.74 Å². The largest absolute Gasteiger partial charge is 0.379 e. The molecule has 1 aromatic rings. The average Bonchev–Trinajstić information content (AvgIpc) is 2.40. The molecule has 0 aromatic heterocycles. The zero-order valence-corrected chi connectivity index (χ0v) is 11.3. The summed E-state index contributed by atoms with van der Waals surface area (Å²) in [6.07, 6.45) is 5.39. The van der Waals surface area contributed by atoms with E-state index in [-0.39, 0.29) is 6.04 Å². The summed E-state index contributed by atoms with van der Waals surface area (Å²) in [5.41, 5.74) is 7.27. The fourth-order valence-corrected chi connectivity index (χ4v) is 2.87. The molecular weight excluding hydrogens is 222 g/mol. The predicted octanol–water partition coefficient (Wildman–Crippen LogP) is 3.53. The molecule has 18 heavy (non-hydrogen) atoms. The number of benzene rings is 1. The van der Waals surface area contributed by atoms with Crippen molar-refractivity contribution < 1.29 is 4.74 Å².